The first-order chi connectivity index (χ1) is 14.5. The molecule has 0 saturated heterocycles. The molecule has 2 amide bonds. The molecule has 1 unspecified atom stereocenters. The molecule has 4 N–H and O–H groups in total. The predicted molar refractivity (Wildman–Crippen MR) is 108 cm³/mol. The Labute approximate surface area is 177 Å². The normalized spacial score (nSPS) is 15.7. The average Bonchev–Trinajstić information content (AvgIpc) is 3.47. The zero-order valence-corrected chi connectivity index (χ0v) is 16.7. The number of carbonyl (C=O) groups excluding carboxylic acids is 2. The Bertz CT molecular complexity index is 977. The molecule has 1 aliphatic rings. The number of benzene rings is 2. The van der Waals surface area contributed by atoms with Crippen LogP contribution in [0.15, 0.2) is 48.5 Å². The van der Waals surface area contributed by atoms with Crippen molar-refractivity contribution in [2.45, 2.75) is 43.8 Å². The molecule has 10 heteroatoms. The van der Waals surface area contributed by atoms with Crippen molar-refractivity contribution in [2.24, 2.45) is 0 Å². The van der Waals surface area contributed by atoms with Gasteiger partial charge in [-0.3, -0.25) is 9.59 Å². The van der Waals surface area contributed by atoms with Crippen molar-refractivity contribution in [3.05, 3.63) is 70.8 Å². The number of nitrogens with one attached hydrogen (secondary N) is 2. The van der Waals surface area contributed by atoms with E-state index in [0.29, 0.717) is 0 Å². The van der Waals surface area contributed by atoms with Crippen LogP contribution < -0.4 is 10.6 Å². The summed E-state index contributed by atoms with van der Waals surface area (Å²) in [7, 11) is -1.86. The minimum absolute atomic E-state index is 0.131. The second kappa shape index (κ2) is 8.72. The molecule has 6 nitrogen and oxygen atoms in total. The first-order valence-corrected chi connectivity index (χ1v) is 9.73. The van der Waals surface area contributed by atoms with Gasteiger partial charge in [0.15, 0.2) is 0 Å². The van der Waals surface area contributed by atoms with E-state index in [1.54, 1.807) is 12.1 Å². The van der Waals surface area contributed by atoms with Gasteiger partial charge in [0.25, 0.3) is 5.91 Å². The second-order valence-electron chi connectivity index (χ2n) is 7.77. The predicted octanol–water partition coefficient (Wildman–Crippen LogP) is 2.02. The van der Waals surface area contributed by atoms with Crippen molar-refractivity contribution >= 4 is 18.9 Å². The maximum Gasteiger partial charge on any atom is 0.475 e. The van der Waals surface area contributed by atoms with Gasteiger partial charge in [-0.15, -0.1) is 0 Å². The Morgan fingerprint density at radius 1 is 1.13 bits per heavy atom. The Hall–Kier alpha value is -2.85. The fourth-order valence-electron chi connectivity index (χ4n) is 3.38. The highest BCUT2D eigenvalue weighted by atomic mass is 19.4. The number of alkyl halides is 3. The maximum absolute atomic E-state index is 13.2. The summed E-state index contributed by atoms with van der Waals surface area (Å²) in [6, 6.07) is 11.6. The largest absolute Gasteiger partial charge is 0.475 e. The van der Waals surface area contributed by atoms with Gasteiger partial charge >= 0.3 is 13.3 Å². The summed E-state index contributed by atoms with van der Waals surface area (Å²) in [6.07, 6.45) is -4.12. The summed E-state index contributed by atoms with van der Waals surface area (Å²) in [5, 5.41) is 24.3. The Morgan fingerprint density at radius 3 is 2.39 bits per heavy atom. The molecule has 0 radical (unpaired) electrons. The van der Waals surface area contributed by atoms with Gasteiger partial charge in [-0.1, -0.05) is 42.0 Å². The molecule has 0 bridgehead atoms. The summed E-state index contributed by atoms with van der Waals surface area (Å²) in [5.41, 5.74) is -1.31. The monoisotopic (exact) mass is 434 g/mol. The fraction of sp³-hybridized carbons (Fsp3) is 0.333. The van der Waals surface area contributed by atoms with E-state index in [2.05, 4.69) is 10.6 Å². The highest BCUT2D eigenvalue weighted by molar-refractivity contribution is 6.43. The van der Waals surface area contributed by atoms with Crippen molar-refractivity contribution in [3.63, 3.8) is 0 Å². The van der Waals surface area contributed by atoms with Crippen LogP contribution in [0.4, 0.5) is 13.2 Å². The molecular formula is C21H22BF3N2O4. The number of rotatable bonds is 7. The number of hydrogen-bond acceptors (Lipinski definition) is 4. The lowest BCUT2D eigenvalue weighted by Gasteiger charge is -2.23. The molecule has 1 aliphatic carbocycles. The molecule has 2 aromatic carbocycles. The van der Waals surface area contributed by atoms with E-state index in [1.807, 2.05) is 19.1 Å². The van der Waals surface area contributed by atoms with Crippen LogP contribution >= 0.6 is 0 Å². The van der Waals surface area contributed by atoms with Crippen molar-refractivity contribution in [2.75, 3.05) is 0 Å². The minimum atomic E-state index is -4.72. The third kappa shape index (κ3) is 5.45. The van der Waals surface area contributed by atoms with Crippen molar-refractivity contribution in [3.8, 4) is 0 Å². The van der Waals surface area contributed by atoms with E-state index in [1.165, 1.54) is 12.1 Å². The van der Waals surface area contributed by atoms with Crippen molar-refractivity contribution in [1.29, 1.82) is 0 Å². The lowest BCUT2D eigenvalue weighted by Crippen LogP contribution is -2.56. The average molecular weight is 434 g/mol. The molecule has 2 aromatic rings. The molecule has 1 atom stereocenters. The van der Waals surface area contributed by atoms with Gasteiger partial charge in [-0.2, -0.15) is 13.2 Å². The van der Waals surface area contributed by atoms with Crippen LogP contribution in [0, 0.1) is 6.92 Å². The summed E-state index contributed by atoms with van der Waals surface area (Å²) in [5.74, 6) is -2.73. The van der Waals surface area contributed by atoms with E-state index in [0.717, 1.165) is 23.3 Å². The summed E-state index contributed by atoms with van der Waals surface area (Å²) in [4.78, 5) is 25.3. The Morgan fingerprint density at radius 2 is 1.81 bits per heavy atom. The van der Waals surface area contributed by atoms with Crippen LogP contribution in [0.25, 0.3) is 0 Å². The molecular weight excluding hydrogens is 412 g/mol. The van der Waals surface area contributed by atoms with E-state index in [-0.39, 0.29) is 19.3 Å². The maximum atomic E-state index is 13.2. The molecule has 0 aromatic heterocycles. The second-order valence-corrected chi connectivity index (χ2v) is 7.77. The molecule has 164 valence electrons. The van der Waals surface area contributed by atoms with Gasteiger partial charge in [0.05, 0.1) is 17.1 Å². The molecule has 3 rings (SSSR count). The molecule has 31 heavy (non-hydrogen) atoms. The minimum Gasteiger partial charge on any atom is -0.426 e. The number of hydrogen-bond donors (Lipinski definition) is 4. The lowest BCUT2D eigenvalue weighted by atomic mass is 9.75. The first-order valence-electron chi connectivity index (χ1n) is 9.73. The third-order valence-electron chi connectivity index (χ3n) is 5.23. The Balaban J connectivity index is 1.72. The molecule has 1 saturated carbocycles. The molecule has 0 spiro atoms. The van der Waals surface area contributed by atoms with Gasteiger partial charge < -0.3 is 20.7 Å². The summed E-state index contributed by atoms with van der Waals surface area (Å²) >= 11 is 0. The van der Waals surface area contributed by atoms with Crippen molar-refractivity contribution in [1.82, 2.24) is 10.6 Å². The quantitative estimate of drug-likeness (QED) is 0.502. The Kier molecular flexibility index (Phi) is 6.42. The first kappa shape index (κ1) is 22.8. The van der Waals surface area contributed by atoms with Crippen LogP contribution in [-0.4, -0.2) is 40.5 Å². The van der Waals surface area contributed by atoms with Crippen LogP contribution in [0.2, 0.25) is 0 Å². The smallest absolute Gasteiger partial charge is 0.426 e. The number of amides is 2. The number of aryl methyl sites for hydroxylation is 1. The van der Waals surface area contributed by atoms with E-state index in [9.17, 15) is 32.8 Å². The van der Waals surface area contributed by atoms with E-state index < -0.39 is 47.7 Å². The molecule has 1 fully saturated rings. The topological polar surface area (TPSA) is 98.7 Å². The van der Waals surface area contributed by atoms with Crippen LogP contribution in [0.5, 0.6) is 0 Å². The fourth-order valence-corrected chi connectivity index (χ4v) is 3.38. The van der Waals surface area contributed by atoms with Crippen molar-refractivity contribution < 1.29 is 32.8 Å². The van der Waals surface area contributed by atoms with E-state index >= 15 is 0 Å². The third-order valence-corrected chi connectivity index (χ3v) is 5.23. The van der Waals surface area contributed by atoms with Gasteiger partial charge in [0, 0.05) is 0 Å². The summed E-state index contributed by atoms with van der Waals surface area (Å²) in [6.45, 7) is 1.87. The van der Waals surface area contributed by atoms with Gasteiger partial charge in [0.1, 0.15) is 5.54 Å². The SMILES string of the molecule is Cc1cccc(CC(NC(=O)C2(NC(=O)c3ccccc3C(F)(F)F)CC2)B(O)O)c1. The zero-order chi connectivity index (χ0) is 22.8. The zero-order valence-electron chi connectivity index (χ0n) is 16.7. The van der Waals surface area contributed by atoms with Gasteiger partial charge in [-0.05, 0) is 43.9 Å². The number of carbonyl (C=O) groups is 2. The molecule has 0 heterocycles. The highest BCUT2D eigenvalue weighted by Gasteiger charge is 2.52. The standard InChI is InChI=1S/C21H22BF3N2O4/c1-13-5-4-6-14(11-13)12-17(22(30)31)26-19(29)20(9-10-20)27-18(28)15-7-2-3-8-16(15)21(23,24)25/h2-8,11,17,30-31H,9-10,12H2,1H3,(H,26,29)(H,27,28). The van der Waals surface area contributed by atoms with E-state index in [4.69, 9.17) is 0 Å². The van der Waals surface area contributed by atoms with Crippen LogP contribution in [0.1, 0.15) is 39.9 Å². The van der Waals surface area contributed by atoms with Crippen LogP contribution in [-0.2, 0) is 17.4 Å². The summed E-state index contributed by atoms with van der Waals surface area (Å²) < 4.78 is 39.6. The van der Waals surface area contributed by atoms with Crippen LogP contribution in [0.3, 0.4) is 0 Å². The number of halogens is 3. The highest BCUT2D eigenvalue weighted by Crippen LogP contribution is 2.37. The van der Waals surface area contributed by atoms with Gasteiger partial charge in [0.2, 0.25) is 5.91 Å². The lowest BCUT2D eigenvalue weighted by molar-refractivity contribution is -0.137. The molecule has 0 aliphatic heterocycles. The van der Waals surface area contributed by atoms with Gasteiger partial charge in [-0.25, -0.2) is 0 Å².